The number of rotatable bonds is 2. The highest BCUT2D eigenvalue weighted by molar-refractivity contribution is 6.35. The van der Waals surface area contributed by atoms with E-state index in [1.807, 2.05) is 0 Å². The Labute approximate surface area is 130 Å². The number of carbonyl (C=O) groups is 1. The number of hydrogen-bond donors (Lipinski definition) is 1. The molecule has 1 aliphatic carbocycles. The van der Waals surface area contributed by atoms with Gasteiger partial charge in [-0.2, -0.15) is 13.2 Å². The van der Waals surface area contributed by atoms with Gasteiger partial charge in [-0.1, -0.05) is 36.0 Å². The molecule has 0 heterocycles. The van der Waals surface area contributed by atoms with Crippen molar-refractivity contribution in [2.75, 3.05) is 0 Å². The van der Waals surface area contributed by atoms with Crippen LogP contribution in [0.2, 0.25) is 10.0 Å². The van der Waals surface area contributed by atoms with Gasteiger partial charge >= 0.3 is 6.18 Å². The van der Waals surface area contributed by atoms with Crippen molar-refractivity contribution in [3.8, 4) is 0 Å². The Morgan fingerprint density at radius 3 is 2.52 bits per heavy atom. The van der Waals surface area contributed by atoms with Crippen LogP contribution < -0.4 is 5.32 Å². The van der Waals surface area contributed by atoms with Crippen molar-refractivity contribution in [3.63, 3.8) is 0 Å². The van der Waals surface area contributed by atoms with Crippen LogP contribution in [0.5, 0.6) is 0 Å². The number of nitrogens with one attached hydrogen (secondary N) is 1. The average molecular weight is 340 g/mol. The summed E-state index contributed by atoms with van der Waals surface area (Å²) < 4.78 is 39.0. The van der Waals surface area contributed by atoms with Gasteiger partial charge in [-0.15, -0.1) is 0 Å². The monoisotopic (exact) mass is 339 g/mol. The van der Waals surface area contributed by atoms with Crippen molar-refractivity contribution in [2.45, 2.75) is 37.9 Å². The fraction of sp³-hybridized carbons (Fsp3) is 0.500. The Kier molecular flexibility index (Phi) is 5.04. The van der Waals surface area contributed by atoms with Crippen molar-refractivity contribution in [3.05, 3.63) is 33.8 Å². The molecule has 1 saturated carbocycles. The largest absolute Gasteiger partial charge is 0.393 e. The molecule has 0 bridgehead atoms. The third-order valence-electron chi connectivity index (χ3n) is 3.68. The topological polar surface area (TPSA) is 29.1 Å². The summed E-state index contributed by atoms with van der Waals surface area (Å²) in [5.74, 6) is -2.13. The summed E-state index contributed by atoms with van der Waals surface area (Å²) in [5.41, 5.74) is 0.0932. The quantitative estimate of drug-likeness (QED) is 0.820. The van der Waals surface area contributed by atoms with Gasteiger partial charge in [0.2, 0.25) is 0 Å². The lowest BCUT2D eigenvalue weighted by Crippen LogP contribution is -2.47. The van der Waals surface area contributed by atoms with Crippen molar-refractivity contribution in [1.29, 1.82) is 0 Å². The van der Waals surface area contributed by atoms with Crippen LogP contribution in [0.25, 0.3) is 0 Å². The Morgan fingerprint density at radius 2 is 1.86 bits per heavy atom. The molecular formula is C14H14Cl2F3NO. The van der Waals surface area contributed by atoms with E-state index in [4.69, 9.17) is 23.2 Å². The molecule has 0 radical (unpaired) electrons. The van der Waals surface area contributed by atoms with Gasteiger partial charge in [-0.05, 0) is 31.0 Å². The number of hydrogen-bond acceptors (Lipinski definition) is 1. The smallest absolute Gasteiger partial charge is 0.349 e. The third kappa shape index (κ3) is 4.04. The molecule has 1 aromatic carbocycles. The molecule has 2 atom stereocenters. The van der Waals surface area contributed by atoms with E-state index in [1.165, 1.54) is 18.2 Å². The second-order valence-corrected chi connectivity index (χ2v) is 5.98. The maximum atomic E-state index is 13.0. The zero-order valence-corrected chi connectivity index (χ0v) is 12.5. The fourth-order valence-electron chi connectivity index (χ4n) is 2.61. The van der Waals surface area contributed by atoms with E-state index < -0.39 is 24.0 Å². The minimum atomic E-state index is -4.31. The Balaban J connectivity index is 2.15. The first-order valence-electron chi connectivity index (χ1n) is 6.61. The molecule has 116 valence electrons. The van der Waals surface area contributed by atoms with E-state index >= 15 is 0 Å². The highest BCUT2D eigenvalue weighted by Crippen LogP contribution is 2.38. The molecule has 0 saturated heterocycles. The highest BCUT2D eigenvalue weighted by atomic mass is 35.5. The Morgan fingerprint density at radius 1 is 1.19 bits per heavy atom. The maximum absolute atomic E-state index is 13.0. The predicted octanol–water partition coefficient (Wildman–Crippen LogP) is 4.84. The second kappa shape index (κ2) is 6.44. The number of amides is 1. The molecule has 21 heavy (non-hydrogen) atoms. The number of alkyl halides is 3. The molecule has 0 aromatic heterocycles. The van der Waals surface area contributed by atoms with Crippen molar-refractivity contribution in [2.24, 2.45) is 5.92 Å². The molecule has 1 aromatic rings. The van der Waals surface area contributed by atoms with E-state index in [1.54, 1.807) is 0 Å². The predicted molar refractivity (Wildman–Crippen MR) is 75.7 cm³/mol. The van der Waals surface area contributed by atoms with Crippen LogP contribution in [0.4, 0.5) is 13.2 Å². The normalized spacial score (nSPS) is 22.9. The molecule has 1 aliphatic rings. The van der Waals surface area contributed by atoms with Crippen LogP contribution >= 0.6 is 23.2 Å². The molecule has 2 nitrogen and oxygen atoms in total. The highest BCUT2D eigenvalue weighted by Gasteiger charge is 2.46. The zero-order chi connectivity index (χ0) is 15.6. The average Bonchev–Trinajstić information content (AvgIpc) is 2.41. The lowest BCUT2D eigenvalue weighted by molar-refractivity contribution is -0.187. The molecule has 0 aliphatic heterocycles. The van der Waals surface area contributed by atoms with Crippen LogP contribution in [0, 0.1) is 5.92 Å². The van der Waals surface area contributed by atoms with Crippen LogP contribution in [0.1, 0.15) is 36.0 Å². The minimum Gasteiger partial charge on any atom is -0.349 e. The zero-order valence-electron chi connectivity index (χ0n) is 11.0. The summed E-state index contributed by atoms with van der Waals surface area (Å²) in [6, 6.07) is 3.40. The summed E-state index contributed by atoms with van der Waals surface area (Å²) in [4.78, 5) is 12.1. The van der Waals surface area contributed by atoms with Gasteiger partial charge < -0.3 is 5.32 Å². The lowest BCUT2D eigenvalue weighted by Gasteiger charge is -2.33. The summed E-state index contributed by atoms with van der Waals surface area (Å²) in [6.45, 7) is 0. The third-order valence-corrected chi connectivity index (χ3v) is 4.24. The van der Waals surface area contributed by atoms with Gasteiger partial charge in [0.1, 0.15) is 0 Å². The maximum Gasteiger partial charge on any atom is 0.393 e. The first-order chi connectivity index (χ1) is 9.79. The van der Waals surface area contributed by atoms with Crippen LogP contribution in [0.15, 0.2) is 18.2 Å². The van der Waals surface area contributed by atoms with Crippen LogP contribution in [-0.4, -0.2) is 18.1 Å². The summed E-state index contributed by atoms with van der Waals surface area (Å²) >= 11 is 11.7. The first-order valence-corrected chi connectivity index (χ1v) is 7.37. The summed E-state index contributed by atoms with van der Waals surface area (Å²) in [7, 11) is 0. The van der Waals surface area contributed by atoms with Crippen molar-refractivity contribution in [1.82, 2.24) is 5.32 Å². The standard InChI is InChI=1S/C14H14Cl2F3NO/c15-8-5-6-11(16)9(7-8)13(21)20-12-4-2-1-3-10(12)14(17,18)19/h5-7,10,12H,1-4H2,(H,20,21)/t10-,12+/m0/s1. The van der Waals surface area contributed by atoms with Crippen molar-refractivity contribution < 1.29 is 18.0 Å². The molecule has 7 heteroatoms. The Hall–Kier alpha value is -0.940. The molecule has 0 unspecified atom stereocenters. The SMILES string of the molecule is O=C(N[C@@H]1CCCC[C@@H]1C(F)(F)F)c1cc(Cl)ccc1Cl. The summed E-state index contributed by atoms with van der Waals surface area (Å²) in [6.07, 6.45) is -2.77. The first kappa shape index (κ1) is 16.4. The molecule has 2 rings (SSSR count). The fourth-order valence-corrected chi connectivity index (χ4v) is 2.99. The minimum absolute atomic E-state index is 0.0394. The van der Waals surface area contributed by atoms with Gasteiger partial charge in [-0.3, -0.25) is 4.79 Å². The molecule has 1 fully saturated rings. The van der Waals surface area contributed by atoms with E-state index in [0.717, 1.165) is 0 Å². The van der Waals surface area contributed by atoms with Gasteiger partial charge in [0.25, 0.3) is 5.91 Å². The van der Waals surface area contributed by atoms with E-state index in [2.05, 4.69) is 5.32 Å². The van der Waals surface area contributed by atoms with E-state index in [0.29, 0.717) is 24.3 Å². The van der Waals surface area contributed by atoms with Gasteiger partial charge in [0, 0.05) is 11.1 Å². The van der Waals surface area contributed by atoms with Crippen LogP contribution in [0.3, 0.4) is 0 Å². The Bertz CT molecular complexity index is 533. The number of halogens is 5. The number of benzene rings is 1. The van der Waals surface area contributed by atoms with E-state index in [9.17, 15) is 18.0 Å². The van der Waals surface area contributed by atoms with Crippen molar-refractivity contribution >= 4 is 29.1 Å². The van der Waals surface area contributed by atoms with Crippen LogP contribution in [-0.2, 0) is 0 Å². The molecule has 1 amide bonds. The van der Waals surface area contributed by atoms with E-state index in [-0.39, 0.29) is 17.0 Å². The number of carbonyl (C=O) groups excluding carboxylic acids is 1. The molecule has 0 spiro atoms. The molecular weight excluding hydrogens is 326 g/mol. The van der Waals surface area contributed by atoms with Gasteiger partial charge in [0.05, 0.1) is 16.5 Å². The van der Waals surface area contributed by atoms with Gasteiger partial charge in [0.15, 0.2) is 0 Å². The second-order valence-electron chi connectivity index (χ2n) is 5.14. The summed E-state index contributed by atoms with van der Waals surface area (Å²) in [5, 5.41) is 2.93. The lowest BCUT2D eigenvalue weighted by atomic mass is 9.84. The molecule has 1 N–H and O–H groups in total. The van der Waals surface area contributed by atoms with Gasteiger partial charge in [-0.25, -0.2) is 0 Å².